The largest absolute Gasteiger partial charge is 0.425 e. The van der Waals surface area contributed by atoms with Gasteiger partial charge in [-0.3, -0.25) is 9.59 Å². The van der Waals surface area contributed by atoms with Crippen molar-refractivity contribution >= 4 is 11.9 Å². The van der Waals surface area contributed by atoms with Gasteiger partial charge < -0.3 is 19.7 Å². The van der Waals surface area contributed by atoms with Crippen LogP contribution in [0.3, 0.4) is 0 Å². The van der Waals surface area contributed by atoms with Crippen molar-refractivity contribution in [1.29, 1.82) is 0 Å². The molecule has 17 heavy (non-hydrogen) atoms. The summed E-state index contributed by atoms with van der Waals surface area (Å²) < 4.78 is 9.63. The molecule has 6 heteroatoms. The molecule has 0 spiro atoms. The minimum Gasteiger partial charge on any atom is -0.425 e. The van der Waals surface area contributed by atoms with Gasteiger partial charge in [0.2, 0.25) is 0 Å². The van der Waals surface area contributed by atoms with Gasteiger partial charge >= 0.3 is 11.9 Å². The fourth-order valence-corrected chi connectivity index (χ4v) is 1.11. The number of aliphatic hydroxyl groups is 2. The van der Waals surface area contributed by atoms with Crippen LogP contribution < -0.4 is 0 Å². The van der Waals surface area contributed by atoms with E-state index in [1.54, 1.807) is 13.8 Å². The second kappa shape index (κ2) is 8.95. The predicted octanol–water partition coefficient (Wildman–Crippen LogP) is 0.700. The highest BCUT2D eigenvalue weighted by Gasteiger charge is 2.21. The molecule has 0 saturated heterocycles. The van der Waals surface area contributed by atoms with Crippen LogP contribution in [0.4, 0.5) is 0 Å². The van der Waals surface area contributed by atoms with E-state index in [4.69, 9.17) is 19.7 Å². The SMILES string of the molecule is CCCC(=O)OC(CC(O)O)OC(=O)CCC. The molecule has 0 aromatic carbocycles. The minimum absolute atomic E-state index is 0.198. The van der Waals surface area contributed by atoms with E-state index in [1.807, 2.05) is 0 Å². The number of rotatable bonds is 8. The molecular weight excluding hydrogens is 228 g/mol. The Labute approximate surface area is 101 Å². The molecule has 0 aliphatic rings. The summed E-state index contributed by atoms with van der Waals surface area (Å²) in [5.41, 5.74) is 0. The zero-order valence-electron chi connectivity index (χ0n) is 10.2. The summed E-state index contributed by atoms with van der Waals surface area (Å²) in [6, 6.07) is 0. The van der Waals surface area contributed by atoms with Crippen molar-refractivity contribution in [3.05, 3.63) is 0 Å². The van der Waals surface area contributed by atoms with Gasteiger partial charge in [0.05, 0.1) is 6.42 Å². The Kier molecular flexibility index (Phi) is 8.35. The maximum atomic E-state index is 11.2. The van der Waals surface area contributed by atoms with E-state index in [0.29, 0.717) is 12.8 Å². The van der Waals surface area contributed by atoms with E-state index in [2.05, 4.69) is 0 Å². The highest BCUT2D eigenvalue weighted by atomic mass is 16.7. The van der Waals surface area contributed by atoms with Crippen LogP contribution in [0.1, 0.15) is 46.0 Å². The van der Waals surface area contributed by atoms with Crippen molar-refractivity contribution in [2.75, 3.05) is 0 Å². The second-order valence-corrected chi connectivity index (χ2v) is 3.63. The third-order valence-electron chi connectivity index (χ3n) is 1.84. The van der Waals surface area contributed by atoms with Crippen molar-refractivity contribution in [1.82, 2.24) is 0 Å². The first-order valence-electron chi connectivity index (χ1n) is 5.74. The zero-order chi connectivity index (χ0) is 13.3. The van der Waals surface area contributed by atoms with Crippen molar-refractivity contribution in [3.8, 4) is 0 Å². The van der Waals surface area contributed by atoms with Crippen molar-refractivity contribution in [3.63, 3.8) is 0 Å². The second-order valence-electron chi connectivity index (χ2n) is 3.63. The maximum Gasteiger partial charge on any atom is 0.308 e. The van der Waals surface area contributed by atoms with Crippen molar-refractivity contribution < 1.29 is 29.3 Å². The van der Waals surface area contributed by atoms with Crippen molar-refractivity contribution in [2.45, 2.75) is 58.5 Å². The molecule has 0 fully saturated rings. The van der Waals surface area contributed by atoms with Gasteiger partial charge in [0.15, 0.2) is 6.29 Å². The topological polar surface area (TPSA) is 93.1 Å². The number of esters is 2. The molecule has 0 aromatic rings. The fourth-order valence-electron chi connectivity index (χ4n) is 1.11. The lowest BCUT2D eigenvalue weighted by Gasteiger charge is -2.18. The van der Waals surface area contributed by atoms with Gasteiger partial charge in [0.1, 0.15) is 0 Å². The van der Waals surface area contributed by atoms with Crippen molar-refractivity contribution in [2.24, 2.45) is 0 Å². The third kappa shape index (κ3) is 8.65. The summed E-state index contributed by atoms with van der Waals surface area (Å²) >= 11 is 0. The van der Waals surface area contributed by atoms with Crippen LogP contribution in [0.5, 0.6) is 0 Å². The molecular formula is C11H20O6. The van der Waals surface area contributed by atoms with Gasteiger partial charge in [-0.1, -0.05) is 13.8 Å². The van der Waals surface area contributed by atoms with Gasteiger partial charge in [0, 0.05) is 12.8 Å². The minimum atomic E-state index is -1.69. The number of hydrogen-bond acceptors (Lipinski definition) is 6. The van der Waals surface area contributed by atoms with E-state index in [0.717, 1.165) is 0 Å². The molecule has 2 N–H and O–H groups in total. The van der Waals surface area contributed by atoms with Crippen LogP contribution in [0, 0.1) is 0 Å². The summed E-state index contributed by atoms with van der Waals surface area (Å²) in [4.78, 5) is 22.4. The van der Waals surface area contributed by atoms with Crippen LogP contribution in [0.15, 0.2) is 0 Å². The van der Waals surface area contributed by atoms with Gasteiger partial charge in [-0.25, -0.2) is 0 Å². The quantitative estimate of drug-likeness (QED) is 0.485. The molecule has 0 aromatic heterocycles. The molecule has 0 atom stereocenters. The van der Waals surface area contributed by atoms with Crippen LogP contribution in [-0.4, -0.2) is 34.7 Å². The molecule has 0 aliphatic carbocycles. The number of aliphatic hydroxyl groups excluding tert-OH is 1. The standard InChI is InChI=1S/C11H20O6/c1-3-5-9(14)16-11(7-8(12)13)17-10(15)6-4-2/h8,11-13H,3-7H2,1-2H3. The first-order chi connectivity index (χ1) is 7.99. The molecule has 0 radical (unpaired) electrons. The van der Waals surface area contributed by atoms with E-state index < -0.39 is 24.5 Å². The van der Waals surface area contributed by atoms with Gasteiger partial charge in [-0.05, 0) is 12.8 Å². The summed E-state index contributed by atoms with van der Waals surface area (Å²) in [5, 5.41) is 17.6. The van der Waals surface area contributed by atoms with E-state index in [-0.39, 0.29) is 19.3 Å². The Morgan fingerprint density at radius 1 is 1.00 bits per heavy atom. The molecule has 6 nitrogen and oxygen atoms in total. The van der Waals surface area contributed by atoms with Crippen LogP contribution in [-0.2, 0) is 19.1 Å². The number of carbonyl (C=O) groups excluding carboxylic acids is 2. The average molecular weight is 248 g/mol. The molecule has 100 valence electrons. The van der Waals surface area contributed by atoms with E-state index >= 15 is 0 Å². The molecule has 0 amide bonds. The molecule has 0 rings (SSSR count). The predicted molar refractivity (Wildman–Crippen MR) is 58.6 cm³/mol. The normalized spacial score (nSPS) is 10.7. The first-order valence-corrected chi connectivity index (χ1v) is 5.74. The van der Waals surface area contributed by atoms with Gasteiger partial charge in [-0.15, -0.1) is 0 Å². The number of ether oxygens (including phenoxy) is 2. The molecule has 0 unspecified atom stereocenters. The summed E-state index contributed by atoms with van der Waals surface area (Å²) in [6.45, 7) is 3.61. The van der Waals surface area contributed by atoms with E-state index in [1.165, 1.54) is 0 Å². The fraction of sp³-hybridized carbons (Fsp3) is 0.818. The highest BCUT2D eigenvalue weighted by molar-refractivity contribution is 5.71. The molecule has 0 saturated carbocycles. The highest BCUT2D eigenvalue weighted by Crippen LogP contribution is 2.08. The van der Waals surface area contributed by atoms with Gasteiger partial charge in [0.25, 0.3) is 6.29 Å². The summed E-state index contributed by atoms with van der Waals surface area (Å²) in [7, 11) is 0. The lowest BCUT2D eigenvalue weighted by Crippen LogP contribution is -2.28. The Hall–Kier alpha value is -1.14. The zero-order valence-corrected chi connectivity index (χ0v) is 10.2. The lowest BCUT2D eigenvalue weighted by molar-refractivity contribution is -0.200. The molecule has 0 heterocycles. The van der Waals surface area contributed by atoms with E-state index in [9.17, 15) is 9.59 Å². The Bertz CT molecular complexity index is 218. The Morgan fingerprint density at radius 2 is 1.41 bits per heavy atom. The van der Waals surface area contributed by atoms with Gasteiger partial charge in [-0.2, -0.15) is 0 Å². The molecule has 0 bridgehead atoms. The third-order valence-corrected chi connectivity index (χ3v) is 1.84. The Balaban J connectivity index is 4.22. The summed E-state index contributed by atoms with van der Waals surface area (Å²) in [5.74, 6) is -1.05. The number of carbonyl (C=O) groups is 2. The first kappa shape index (κ1) is 15.9. The Morgan fingerprint density at radius 3 is 1.71 bits per heavy atom. The average Bonchev–Trinajstić information content (AvgIpc) is 2.16. The van der Waals surface area contributed by atoms with Crippen LogP contribution in [0.25, 0.3) is 0 Å². The lowest BCUT2D eigenvalue weighted by atomic mass is 10.3. The summed E-state index contributed by atoms with van der Waals surface area (Å²) in [6.07, 6.45) is -1.65. The monoisotopic (exact) mass is 248 g/mol. The smallest absolute Gasteiger partial charge is 0.308 e. The van der Waals surface area contributed by atoms with Crippen LogP contribution >= 0.6 is 0 Å². The maximum absolute atomic E-state index is 11.2. The van der Waals surface area contributed by atoms with Crippen LogP contribution in [0.2, 0.25) is 0 Å². The number of hydrogen-bond donors (Lipinski definition) is 2. The molecule has 0 aliphatic heterocycles.